The molecule has 1 unspecified atom stereocenters. The zero-order chi connectivity index (χ0) is 19.9. The van der Waals surface area contributed by atoms with Crippen LogP contribution in [0, 0.1) is 0 Å². The second kappa shape index (κ2) is 6.68. The summed E-state index contributed by atoms with van der Waals surface area (Å²) in [7, 11) is 1.61. The van der Waals surface area contributed by atoms with Crippen molar-refractivity contribution in [1.29, 1.82) is 0 Å². The van der Waals surface area contributed by atoms with E-state index in [-0.39, 0.29) is 11.8 Å². The number of hydrogen-bond acceptors (Lipinski definition) is 4. The predicted molar refractivity (Wildman–Crippen MR) is 105 cm³/mol. The largest absolute Gasteiger partial charge is 0.497 e. The minimum Gasteiger partial charge on any atom is -0.497 e. The summed E-state index contributed by atoms with van der Waals surface area (Å²) in [6.45, 7) is 9.10. The maximum absolute atomic E-state index is 13.1. The Balaban J connectivity index is 2.21. The summed E-state index contributed by atoms with van der Waals surface area (Å²) < 4.78 is 5.30. The first-order valence-electron chi connectivity index (χ1n) is 8.89. The van der Waals surface area contributed by atoms with Crippen LogP contribution in [0.1, 0.15) is 51.9 Å². The molecular weight excluding hydrogens is 342 g/mol. The van der Waals surface area contributed by atoms with E-state index in [0.717, 1.165) is 22.2 Å². The summed E-state index contributed by atoms with van der Waals surface area (Å²) in [5.74, 6) is 0.290. The van der Waals surface area contributed by atoms with Gasteiger partial charge in [0.05, 0.1) is 18.3 Å². The van der Waals surface area contributed by atoms with Gasteiger partial charge in [0.1, 0.15) is 11.8 Å². The standard InChI is InChI=1S/C21H25N3O3/c1-12-11-24(13(2)25)19(20(26)23-21(3,4)5)16-10-14-9-15(27-6)7-8-17(14)22-18(12)16/h7-11,19H,1-6H3,(H,23,26). The van der Waals surface area contributed by atoms with Gasteiger partial charge in [-0.15, -0.1) is 0 Å². The van der Waals surface area contributed by atoms with Gasteiger partial charge in [0, 0.05) is 29.6 Å². The average molecular weight is 367 g/mol. The second-order valence-electron chi connectivity index (χ2n) is 7.87. The molecule has 0 spiro atoms. The van der Waals surface area contributed by atoms with Gasteiger partial charge in [-0.2, -0.15) is 0 Å². The zero-order valence-corrected chi connectivity index (χ0v) is 16.6. The van der Waals surface area contributed by atoms with Crippen LogP contribution < -0.4 is 10.1 Å². The van der Waals surface area contributed by atoms with E-state index < -0.39 is 11.6 Å². The normalized spacial score (nSPS) is 16.6. The Bertz CT molecular complexity index is 957. The van der Waals surface area contributed by atoms with E-state index in [4.69, 9.17) is 9.72 Å². The van der Waals surface area contributed by atoms with Gasteiger partial charge in [-0.1, -0.05) is 0 Å². The fourth-order valence-electron chi connectivity index (χ4n) is 3.29. The maximum atomic E-state index is 13.1. The molecule has 2 aromatic rings. The van der Waals surface area contributed by atoms with Crippen LogP contribution in [-0.2, 0) is 9.59 Å². The van der Waals surface area contributed by atoms with Crippen molar-refractivity contribution >= 4 is 28.3 Å². The molecule has 1 N–H and O–H groups in total. The van der Waals surface area contributed by atoms with Crippen LogP contribution in [0.15, 0.2) is 30.5 Å². The number of carbonyl (C=O) groups excluding carboxylic acids is 2. The van der Waals surface area contributed by atoms with Crippen LogP contribution in [0.5, 0.6) is 5.75 Å². The molecule has 2 amide bonds. The van der Waals surface area contributed by atoms with E-state index in [1.165, 1.54) is 11.8 Å². The van der Waals surface area contributed by atoms with E-state index in [1.807, 2.05) is 52.0 Å². The lowest BCUT2D eigenvalue weighted by Crippen LogP contribution is -2.48. The number of methoxy groups -OCH3 is 1. The van der Waals surface area contributed by atoms with Crippen molar-refractivity contribution in [3.05, 3.63) is 41.7 Å². The highest BCUT2D eigenvalue weighted by Crippen LogP contribution is 2.36. The molecular formula is C21H25N3O3. The molecule has 6 heteroatoms. The molecule has 2 heterocycles. The lowest BCUT2D eigenvalue weighted by Gasteiger charge is -2.35. The molecule has 1 atom stereocenters. The summed E-state index contributed by atoms with van der Waals surface area (Å²) in [6, 6.07) is 6.80. The molecule has 0 radical (unpaired) electrons. The number of rotatable bonds is 2. The van der Waals surface area contributed by atoms with Crippen LogP contribution in [0.3, 0.4) is 0 Å². The van der Waals surface area contributed by atoms with Crippen LogP contribution in [0.4, 0.5) is 0 Å². The summed E-state index contributed by atoms with van der Waals surface area (Å²) in [4.78, 5) is 31.6. The van der Waals surface area contributed by atoms with E-state index in [0.29, 0.717) is 11.3 Å². The van der Waals surface area contributed by atoms with E-state index in [1.54, 1.807) is 13.3 Å². The Morgan fingerprint density at radius 3 is 2.52 bits per heavy atom. The van der Waals surface area contributed by atoms with Gasteiger partial charge in [0.2, 0.25) is 11.8 Å². The Hall–Kier alpha value is -2.89. The van der Waals surface area contributed by atoms with Gasteiger partial charge in [-0.3, -0.25) is 9.59 Å². The number of benzene rings is 1. The Morgan fingerprint density at radius 1 is 1.22 bits per heavy atom. The first kappa shape index (κ1) is 18.9. The third-order valence-electron chi connectivity index (χ3n) is 4.44. The molecule has 3 rings (SSSR count). The fraction of sp³-hybridized carbons (Fsp3) is 0.381. The lowest BCUT2D eigenvalue weighted by atomic mass is 9.93. The van der Waals surface area contributed by atoms with Gasteiger partial charge < -0.3 is 15.0 Å². The Labute approximate surface area is 159 Å². The fourth-order valence-corrected chi connectivity index (χ4v) is 3.29. The molecule has 142 valence electrons. The van der Waals surface area contributed by atoms with Crippen molar-refractivity contribution < 1.29 is 14.3 Å². The third-order valence-corrected chi connectivity index (χ3v) is 4.44. The summed E-state index contributed by atoms with van der Waals surface area (Å²) >= 11 is 0. The quantitative estimate of drug-likeness (QED) is 0.883. The Morgan fingerprint density at radius 2 is 1.93 bits per heavy atom. The van der Waals surface area contributed by atoms with E-state index >= 15 is 0 Å². The summed E-state index contributed by atoms with van der Waals surface area (Å²) in [5, 5.41) is 3.85. The van der Waals surface area contributed by atoms with Crippen molar-refractivity contribution in [3.63, 3.8) is 0 Å². The number of hydrogen-bond donors (Lipinski definition) is 1. The highest BCUT2D eigenvalue weighted by atomic mass is 16.5. The highest BCUT2D eigenvalue weighted by Gasteiger charge is 2.36. The molecule has 27 heavy (non-hydrogen) atoms. The van der Waals surface area contributed by atoms with Gasteiger partial charge in [0.15, 0.2) is 0 Å². The summed E-state index contributed by atoms with van der Waals surface area (Å²) in [5.41, 5.74) is 2.70. The number of allylic oxidation sites excluding steroid dienone is 1. The number of amides is 2. The maximum Gasteiger partial charge on any atom is 0.248 e. The molecule has 0 fully saturated rings. The molecule has 1 aromatic heterocycles. The number of ether oxygens (including phenoxy) is 1. The molecule has 1 aliphatic rings. The van der Waals surface area contributed by atoms with Gasteiger partial charge in [0.25, 0.3) is 0 Å². The smallest absolute Gasteiger partial charge is 0.248 e. The van der Waals surface area contributed by atoms with Crippen LogP contribution >= 0.6 is 0 Å². The van der Waals surface area contributed by atoms with Gasteiger partial charge >= 0.3 is 0 Å². The number of aromatic nitrogens is 1. The third kappa shape index (κ3) is 3.65. The Kier molecular flexibility index (Phi) is 4.68. The molecule has 6 nitrogen and oxygen atoms in total. The summed E-state index contributed by atoms with van der Waals surface area (Å²) in [6.07, 6.45) is 1.71. The van der Waals surface area contributed by atoms with Crippen LogP contribution in [0.25, 0.3) is 16.5 Å². The number of nitrogens with zero attached hydrogens (tertiary/aromatic N) is 2. The SMILES string of the molecule is COc1ccc2nc3c(cc2c1)C(C(=O)NC(C)(C)C)N(C(C)=O)C=C3C. The minimum atomic E-state index is -0.761. The predicted octanol–water partition coefficient (Wildman–Crippen LogP) is 3.42. The van der Waals surface area contributed by atoms with E-state index in [2.05, 4.69) is 5.32 Å². The molecule has 0 aliphatic carbocycles. The van der Waals surface area contributed by atoms with Crippen LogP contribution in [0.2, 0.25) is 0 Å². The molecule has 0 saturated heterocycles. The minimum absolute atomic E-state index is 0.195. The topological polar surface area (TPSA) is 71.5 Å². The molecule has 1 aliphatic heterocycles. The van der Waals surface area contributed by atoms with E-state index in [9.17, 15) is 9.59 Å². The van der Waals surface area contributed by atoms with Crippen molar-refractivity contribution in [1.82, 2.24) is 15.2 Å². The number of fused-ring (bicyclic) bond motifs is 2. The highest BCUT2D eigenvalue weighted by molar-refractivity contribution is 5.94. The monoisotopic (exact) mass is 367 g/mol. The molecule has 0 saturated carbocycles. The van der Waals surface area contributed by atoms with Gasteiger partial charge in [-0.25, -0.2) is 4.98 Å². The molecule has 0 bridgehead atoms. The van der Waals surface area contributed by atoms with Crippen molar-refractivity contribution in [3.8, 4) is 5.75 Å². The van der Waals surface area contributed by atoms with Gasteiger partial charge in [-0.05, 0) is 57.5 Å². The molecule has 1 aromatic carbocycles. The number of carbonyl (C=O) groups is 2. The first-order valence-corrected chi connectivity index (χ1v) is 8.89. The first-order chi connectivity index (χ1) is 12.6. The van der Waals surface area contributed by atoms with Crippen LogP contribution in [-0.4, -0.2) is 34.3 Å². The average Bonchev–Trinajstić information content (AvgIpc) is 2.57. The number of nitrogens with one attached hydrogen (secondary N) is 1. The van der Waals surface area contributed by atoms with Crippen molar-refractivity contribution in [2.75, 3.05) is 7.11 Å². The second-order valence-corrected chi connectivity index (χ2v) is 7.87. The van der Waals surface area contributed by atoms with Crippen molar-refractivity contribution in [2.24, 2.45) is 0 Å². The zero-order valence-electron chi connectivity index (χ0n) is 16.6. The lowest BCUT2D eigenvalue weighted by molar-refractivity contribution is -0.137. The van der Waals surface area contributed by atoms with Crippen molar-refractivity contribution in [2.45, 2.75) is 46.2 Å². The number of pyridine rings is 1.